The fraction of sp³-hybridized carbons (Fsp3) is 0.444. The van der Waals surface area contributed by atoms with Crippen LogP contribution in [0.15, 0.2) is 42.7 Å². The first-order valence-electron chi connectivity index (χ1n) is 7.98. The van der Waals surface area contributed by atoms with Crippen LogP contribution >= 0.6 is 0 Å². The summed E-state index contributed by atoms with van der Waals surface area (Å²) in [5, 5.41) is 0. The van der Waals surface area contributed by atoms with E-state index in [4.69, 9.17) is 4.74 Å². The Morgan fingerprint density at radius 1 is 1.18 bits per heavy atom. The fourth-order valence-electron chi connectivity index (χ4n) is 2.80. The average Bonchev–Trinajstić information content (AvgIpc) is 2.57. The monoisotopic (exact) mass is 297 g/mol. The van der Waals surface area contributed by atoms with Gasteiger partial charge in [0.2, 0.25) is 0 Å². The summed E-state index contributed by atoms with van der Waals surface area (Å²) >= 11 is 0. The predicted octanol–water partition coefficient (Wildman–Crippen LogP) is 2.79. The molecule has 1 aromatic carbocycles. The van der Waals surface area contributed by atoms with Crippen LogP contribution in [0.4, 0.5) is 0 Å². The van der Waals surface area contributed by atoms with Crippen LogP contribution in [0.25, 0.3) is 0 Å². The van der Waals surface area contributed by atoms with Gasteiger partial charge >= 0.3 is 0 Å². The predicted molar refractivity (Wildman–Crippen MR) is 86.7 cm³/mol. The van der Waals surface area contributed by atoms with Gasteiger partial charge in [-0.05, 0) is 31.9 Å². The molecule has 1 fully saturated rings. The van der Waals surface area contributed by atoms with Crippen LogP contribution in [0.1, 0.15) is 29.5 Å². The summed E-state index contributed by atoms with van der Waals surface area (Å²) in [6.45, 7) is 5.74. The number of benzene rings is 1. The van der Waals surface area contributed by atoms with E-state index in [9.17, 15) is 0 Å². The highest BCUT2D eigenvalue weighted by atomic mass is 16.5. The minimum Gasteiger partial charge on any atom is -0.369 e. The maximum absolute atomic E-state index is 5.85. The molecule has 116 valence electrons. The van der Waals surface area contributed by atoms with Gasteiger partial charge in [-0.2, -0.15) is 0 Å². The first-order chi connectivity index (χ1) is 10.8. The van der Waals surface area contributed by atoms with Gasteiger partial charge in [-0.15, -0.1) is 0 Å². The van der Waals surface area contributed by atoms with Crippen LogP contribution in [-0.2, 0) is 11.2 Å². The molecule has 0 bridgehead atoms. The summed E-state index contributed by atoms with van der Waals surface area (Å²) in [4.78, 5) is 11.2. The van der Waals surface area contributed by atoms with Crippen molar-refractivity contribution in [2.75, 3.05) is 26.2 Å². The smallest absolute Gasteiger partial charge is 0.114 e. The Morgan fingerprint density at radius 3 is 2.82 bits per heavy atom. The molecule has 0 radical (unpaired) electrons. The summed E-state index contributed by atoms with van der Waals surface area (Å²) in [5.41, 5.74) is 3.30. The lowest BCUT2D eigenvalue weighted by molar-refractivity contribution is -0.0324. The number of ether oxygens (including phenoxy) is 1. The molecule has 4 heteroatoms. The molecule has 0 aliphatic carbocycles. The molecule has 3 rings (SSSR count). The summed E-state index contributed by atoms with van der Waals surface area (Å²) in [7, 11) is 0. The minimum atomic E-state index is 0.0542. The highest BCUT2D eigenvalue weighted by Crippen LogP contribution is 2.20. The zero-order valence-corrected chi connectivity index (χ0v) is 13.1. The van der Waals surface area contributed by atoms with Crippen molar-refractivity contribution in [2.45, 2.75) is 25.9 Å². The van der Waals surface area contributed by atoms with Crippen molar-refractivity contribution < 1.29 is 4.74 Å². The normalized spacial score (nSPS) is 19.2. The Bertz CT molecular complexity index is 571. The minimum absolute atomic E-state index is 0.0542. The zero-order chi connectivity index (χ0) is 15.2. The third-order valence-corrected chi connectivity index (χ3v) is 4.06. The van der Waals surface area contributed by atoms with Crippen LogP contribution in [0.2, 0.25) is 0 Å². The van der Waals surface area contributed by atoms with Gasteiger partial charge in [0.25, 0.3) is 0 Å². The van der Waals surface area contributed by atoms with E-state index < -0.39 is 0 Å². The Balaban J connectivity index is 1.49. The van der Waals surface area contributed by atoms with Gasteiger partial charge in [0, 0.05) is 19.3 Å². The van der Waals surface area contributed by atoms with Crippen molar-refractivity contribution >= 4 is 0 Å². The summed E-state index contributed by atoms with van der Waals surface area (Å²) in [5.74, 6) is 0. The maximum Gasteiger partial charge on any atom is 0.114 e. The van der Waals surface area contributed by atoms with Crippen molar-refractivity contribution in [3.8, 4) is 0 Å². The van der Waals surface area contributed by atoms with E-state index in [2.05, 4.69) is 45.2 Å². The van der Waals surface area contributed by atoms with Gasteiger partial charge in [0.05, 0.1) is 24.2 Å². The van der Waals surface area contributed by atoms with Crippen LogP contribution in [0.3, 0.4) is 0 Å². The van der Waals surface area contributed by atoms with Gasteiger partial charge in [-0.3, -0.25) is 14.9 Å². The number of rotatable bonds is 5. The largest absolute Gasteiger partial charge is 0.369 e. The van der Waals surface area contributed by atoms with E-state index in [1.807, 2.05) is 19.3 Å². The molecule has 22 heavy (non-hydrogen) atoms. The SMILES string of the molecule is Cc1cnc([C@H]2CN(CCCc3ccccc3)CCO2)cn1. The van der Waals surface area contributed by atoms with Gasteiger partial charge < -0.3 is 4.74 Å². The number of nitrogens with zero attached hydrogens (tertiary/aromatic N) is 3. The Labute approximate surface area is 132 Å². The van der Waals surface area contributed by atoms with Gasteiger partial charge in [0.1, 0.15) is 6.10 Å². The highest BCUT2D eigenvalue weighted by molar-refractivity contribution is 5.14. The lowest BCUT2D eigenvalue weighted by Crippen LogP contribution is -2.39. The number of aromatic nitrogens is 2. The van der Waals surface area contributed by atoms with Gasteiger partial charge in [-0.1, -0.05) is 30.3 Å². The van der Waals surface area contributed by atoms with Crippen LogP contribution in [0, 0.1) is 6.92 Å². The van der Waals surface area contributed by atoms with Gasteiger partial charge in [-0.25, -0.2) is 0 Å². The number of aryl methyl sites for hydroxylation is 2. The van der Waals surface area contributed by atoms with Crippen molar-refractivity contribution in [1.82, 2.24) is 14.9 Å². The molecular formula is C18H23N3O. The number of hydrogen-bond donors (Lipinski definition) is 0. The summed E-state index contributed by atoms with van der Waals surface area (Å²) < 4.78 is 5.85. The molecule has 0 unspecified atom stereocenters. The van der Waals surface area contributed by atoms with E-state index in [-0.39, 0.29) is 6.10 Å². The van der Waals surface area contributed by atoms with Gasteiger partial charge in [0.15, 0.2) is 0 Å². The molecular weight excluding hydrogens is 274 g/mol. The first kappa shape index (κ1) is 15.1. The van der Waals surface area contributed by atoms with Crippen LogP contribution < -0.4 is 0 Å². The number of morpholine rings is 1. The Hall–Kier alpha value is -1.78. The second kappa shape index (κ2) is 7.47. The lowest BCUT2D eigenvalue weighted by Gasteiger charge is -2.32. The summed E-state index contributed by atoms with van der Waals surface area (Å²) in [6.07, 6.45) is 6.02. The molecule has 0 saturated carbocycles. The molecule has 0 amide bonds. The van der Waals surface area contributed by atoms with Crippen molar-refractivity contribution in [2.24, 2.45) is 0 Å². The third kappa shape index (κ3) is 4.12. The first-order valence-corrected chi connectivity index (χ1v) is 7.98. The van der Waals surface area contributed by atoms with E-state index in [0.29, 0.717) is 0 Å². The molecule has 4 nitrogen and oxygen atoms in total. The standard InChI is InChI=1S/C18H23N3O/c1-15-12-20-17(13-19-15)18-14-21(10-11-22-18)9-5-8-16-6-3-2-4-7-16/h2-4,6-7,12-13,18H,5,8-11,14H2,1H3/t18-/m1/s1. The Kier molecular flexibility index (Phi) is 5.14. The zero-order valence-electron chi connectivity index (χ0n) is 13.1. The fourth-order valence-corrected chi connectivity index (χ4v) is 2.80. The molecule has 1 aromatic heterocycles. The molecule has 1 aliphatic heterocycles. The third-order valence-electron chi connectivity index (χ3n) is 4.06. The van der Waals surface area contributed by atoms with Crippen LogP contribution in [-0.4, -0.2) is 41.1 Å². The Morgan fingerprint density at radius 2 is 2.05 bits per heavy atom. The molecule has 2 aromatic rings. The van der Waals surface area contributed by atoms with Crippen molar-refractivity contribution in [3.63, 3.8) is 0 Å². The lowest BCUT2D eigenvalue weighted by atomic mass is 10.1. The molecule has 0 N–H and O–H groups in total. The van der Waals surface area contributed by atoms with E-state index in [0.717, 1.165) is 44.0 Å². The molecule has 0 spiro atoms. The maximum atomic E-state index is 5.85. The molecule has 1 aliphatic rings. The van der Waals surface area contributed by atoms with E-state index >= 15 is 0 Å². The summed E-state index contributed by atoms with van der Waals surface area (Å²) in [6, 6.07) is 10.7. The highest BCUT2D eigenvalue weighted by Gasteiger charge is 2.22. The van der Waals surface area contributed by atoms with Crippen LogP contribution in [0.5, 0.6) is 0 Å². The van der Waals surface area contributed by atoms with Crippen molar-refractivity contribution in [3.05, 3.63) is 59.7 Å². The van der Waals surface area contributed by atoms with Crippen molar-refractivity contribution in [1.29, 1.82) is 0 Å². The second-order valence-electron chi connectivity index (χ2n) is 5.83. The molecule has 1 saturated heterocycles. The average molecular weight is 297 g/mol. The van der Waals surface area contributed by atoms with E-state index in [1.165, 1.54) is 12.0 Å². The second-order valence-corrected chi connectivity index (χ2v) is 5.83. The molecule has 2 heterocycles. The number of hydrogen-bond acceptors (Lipinski definition) is 4. The van der Waals surface area contributed by atoms with E-state index in [1.54, 1.807) is 0 Å². The quantitative estimate of drug-likeness (QED) is 0.850. The molecule has 1 atom stereocenters. The topological polar surface area (TPSA) is 38.2 Å².